The van der Waals surface area contributed by atoms with Gasteiger partial charge in [-0.25, -0.2) is 39.4 Å². The van der Waals surface area contributed by atoms with Crippen LogP contribution < -0.4 is 34.2 Å². The van der Waals surface area contributed by atoms with Crippen LogP contribution in [-0.4, -0.2) is 133 Å². The van der Waals surface area contributed by atoms with E-state index in [1.165, 1.54) is 130 Å². The van der Waals surface area contributed by atoms with Gasteiger partial charge >= 0.3 is 7.12 Å². The summed E-state index contributed by atoms with van der Waals surface area (Å²) in [4.78, 5) is 63.6. The summed E-state index contributed by atoms with van der Waals surface area (Å²) < 4.78 is 143. The Hall–Kier alpha value is -10.1. The maximum Gasteiger partial charge on any atom is 0.497 e. The summed E-state index contributed by atoms with van der Waals surface area (Å²) in [5, 5.41) is 6.00. The SMILES string of the molecule is CNC(=O)c1c(-c2ccc(F)cc2)oc2cc(N(C)S(C)(=O)=O)c(-c3cc4c(cn3)OCN(Cc3ccc(F)cc3)C4=O)cc12.CNC(=O)c1c(-c2ccc(F)cc2)oc2cc(N(C)S(C)(=O)=O)c(B3OC(C)(C)C(C)(C)O3)cc12.O=C1c2cc(Br)ncc2OCN1Cc1ccc(F)cc1. The number of nitrogens with zero attached hydrogens (tertiary/aromatic N) is 6. The van der Waals surface area contributed by atoms with E-state index in [0.717, 1.165) is 26.7 Å². The topological polar surface area (TPSA) is 263 Å². The zero-order chi connectivity index (χ0) is 72.1. The zero-order valence-corrected chi connectivity index (χ0v) is 58.6. The Kier molecular flexibility index (Phi) is 19.8. The predicted octanol–water partition coefficient (Wildman–Crippen LogP) is 11.5. The second-order valence-corrected chi connectivity index (χ2v) is 29.3. The van der Waals surface area contributed by atoms with Crippen LogP contribution in [0.25, 0.3) is 55.8 Å². The molecule has 1 saturated heterocycles. The summed E-state index contributed by atoms with van der Waals surface area (Å²) in [6.07, 6.45) is 5.03. The minimum Gasteiger partial charge on any atom is -0.471 e. The molecule has 0 radical (unpaired) electrons. The van der Waals surface area contributed by atoms with Crippen molar-refractivity contribution in [2.45, 2.75) is 52.0 Å². The van der Waals surface area contributed by atoms with E-state index in [1.54, 1.807) is 53.4 Å². The van der Waals surface area contributed by atoms with Crippen LogP contribution >= 0.6 is 15.9 Å². The number of fused-ring (bicyclic) bond motifs is 4. The molecule has 4 amide bonds. The summed E-state index contributed by atoms with van der Waals surface area (Å²) in [7, 11) is -2.61. The second-order valence-electron chi connectivity index (χ2n) is 24.5. The van der Waals surface area contributed by atoms with Crippen LogP contribution in [0, 0.1) is 23.3 Å². The predicted molar refractivity (Wildman–Crippen MR) is 371 cm³/mol. The van der Waals surface area contributed by atoms with Gasteiger partial charge in [-0.15, -0.1) is 0 Å². The van der Waals surface area contributed by atoms with Crippen LogP contribution in [-0.2, 0) is 42.4 Å². The number of rotatable bonds is 14. The Morgan fingerprint density at radius 3 is 1.38 bits per heavy atom. The Morgan fingerprint density at radius 1 is 0.560 bits per heavy atom. The number of sulfonamides is 2. The molecule has 0 aliphatic carbocycles. The lowest BCUT2D eigenvalue weighted by molar-refractivity contribution is 0.00578. The lowest BCUT2D eigenvalue weighted by Gasteiger charge is -2.32. The highest BCUT2D eigenvalue weighted by atomic mass is 79.9. The zero-order valence-electron chi connectivity index (χ0n) is 55.4. The third-order valence-corrected chi connectivity index (χ3v) is 20.1. The summed E-state index contributed by atoms with van der Waals surface area (Å²) in [6.45, 7) is 8.23. The molecule has 0 bridgehead atoms. The van der Waals surface area contributed by atoms with Crippen molar-refractivity contribution in [3.05, 3.63) is 207 Å². The van der Waals surface area contributed by atoms with Gasteiger partial charge in [0.15, 0.2) is 25.0 Å². The van der Waals surface area contributed by atoms with E-state index in [-0.39, 0.29) is 94.1 Å². The van der Waals surface area contributed by atoms with Gasteiger partial charge in [0, 0.05) is 86.3 Å². The molecule has 100 heavy (non-hydrogen) atoms. The standard InChI is InChI=1S/C32H26F2N4O6S.C24H28BFN2O6S.C14H10BrFN2O2/c1-35-31(39)29-23-12-22(26(37(2)45(3,41)42)14-27(23)44-30(29)19-6-10-21(34)11-7-19)25-13-24-28(15-36-25)43-17-38(32(24)40)16-18-4-8-20(33)9-5-18;1-23(2)24(3,4)34-25(33-23)17-12-16-19(13-18(17)28(6)35(7,30)31)32-21(20(16)22(29)27-5)14-8-10-15(26)11-9-14;15-13-5-11-12(6-17-13)20-8-18(14(11)19)7-9-1-3-10(16)4-2-9/h4-15H,16-17H2,1-3H3,(H,35,39);8-13H,1-7H3,(H,27,29);1-6H,7-8H2. The molecule has 0 spiro atoms. The third-order valence-electron chi connectivity index (χ3n) is 17.3. The first kappa shape index (κ1) is 71.2. The first-order valence-corrected chi connectivity index (χ1v) is 35.1. The Labute approximate surface area is 581 Å². The van der Waals surface area contributed by atoms with E-state index in [1.807, 2.05) is 27.7 Å². The number of aromatic nitrogens is 2. The van der Waals surface area contributed by atoms with E-state index in [2.05, 4.69) is 36.5 Å². The maximum absolute atomic E-state index is 13.7. The monoisotopic (exact) mass is 1470 g/mol. The van der Waals surface area contributed by atoms with Crippen LogP contribution in [0.3, 0.4) is 0 Å². The summed E-state index contributed by atoms with van der Waals surface area (Å²) in [5.41, 5.74) is 4.08. The Bertz CT molecular complexity index is 5090. The highest BCUT2D eigenvalue weighted by molar-refractivity contribution is 9.10. The molecule has 30 heteroatoms. The number of nitrogens with one attached hydrogen (secondary N) is 2. The minimum absolute atomic E-state index is 0.0467. The van der Waals surface area contributed by atoms with Crippen LogP contribution in [0.2, 0.25) is 0 Å². The molecule has 22 nitrogen and oxygen atoms in total. The number of benzene rings is 6. The van der Waals surface area contributed by atoms with Crippen molar-refractivity contribution in [2.75, 3.05) is 62.8 Å². The van der Waals surface area contributed by atoms with Crippen molar-refractivity contribution in [3.63, 3.8) is 0 Å². The molecule has 3 aliphatic heterocycles. The Morgan fingerprint density at radius 2 is 0.950 bits per heavy atom. The van der Waals surface area contributed by atoms with Gasteiger partial charge in [0.2, 0.25) is 20.0 Å². The molecule has 13 rings (SSSR count). The average Bonchev–Trinajstić information content (AvgIpc) is 1.53. The number of anilines is 2. The first-order chi connectivity index (χ1) is 47.2. The van der Waals surface area contributed by atoms with Crippen molar-refractivity contribution in [3.8, 4) is 45.4 Å². The number of halogens is 5. The molecule has 7 heterocycles. The summed E-state index contributed by atoms with van der Waals surface area (Å²) in [5.74, 6) is -1.85. The van der Waals surface area contributed by atoms with Crippen LogP contribution in [0.5, 0.6) is 11.5 Å². The van der Waals surface area contributed by atoms with E-state index in [4.69, 9.17) is 27.6 Å². The number of hydrogen-bond acceptors (Lipinski definition) is 16. The van der Waals surface area contributed by atoms with Crippen LogP contribution in [0.15, 0.2) is 159 Å². The third kappa shape index (κ3) is 14.6. The number of carbonyl (C=O) groups is 4. The van der Waals surface area contributed by atoms with Crippen molar-refractivity contribution in [1.29, 1.82) is 0 Å². The van der Waals surface area contributed by atoms with Crippen LogP contribution in [0.1, 0.15) is 80.3 Å². The molecule has 10 aromatic rings. The van der Waals surface area contributed by atoms with Gasteiger partial charge in [0.1, 0.15) is 50.6 Å². The van der Waals surface area contributed by atoms with Gasteiger partial charge in [-0.3, -0.25) is 32.8 Å². The molecule has 6 aromatic carbocycles. The average molecular weight is 1470 g/mol. The first-order valence-electron chi connectivity index (χ1n) is 30.6. The molecule has 0 unspecified atom stereocenters. The smallest absolute Gasteiger partial charge is 0.471 e. The summed E-state index contributed by atoms with van der Waals surface area (Å²) >= 11 is 3.23. The van der Waals surface area contributed by atoms with Gasteiger partial charge in [-0.05, 0) is 152 Å². The molecule has 518 valence electrons. The maximum atomic E-state index is 13.7. The van der Waals surface area contributed by atoms with Gasteiger partial charge < -0.3 is 48.1 Å². The number of hydrogen-bond donors (Lipinski definition) is 2. The molecular weight excluding hydrogens is 1410 g/mol. The van der Waals surface area contributed by atoms with Gasteiger partial charge in [0.05, 0.1) is 75.4 Å². The summed E-state index contributed by atoms with van der Waals surface area (Å²) in [6, 6.07) is 32.2. The van der Waals surface area contributed by atoms with Crippen molar-refractivity contribution in [2.24, 2.45) is 0 Å². The lowest BCUT2D eigenvalue weighted by Crippen LogP contribution is -2.41. The van der Waals surface area contributed by atoms with E-state index < -0.39 is 67.6 Å². The van der Waals surface area contributed by atoms with Crippen molar-refractivity contribution >= 4 is 105 Å². The van der Waals surface area contributed by atoms with Crippen molar-refractivity contribution in [1.82, 2.24) is 30.4 Å². The van der Waals surface area contributed by atoms with E-state index in [9.17, 15) is 53.6 Å². The number of amides is 4. The molecule has 3 aliphatic rings. The highest BCUT2D eigenvalue weighted by Gasteiger charge is 2.53. The molecule has 4 aromatic heterocycles. The lowest BCUT2D eigenvalue weighted by atomic mass is 9.77. The Balaban J connectivity index is 0.000000162. The minimum atomic E-state index is -3.79. The molecule has 0 atom stereocenters. The second kappa shape index (κ2) is 27.9. The number of ether oxygens (including phenoxy) is 2. The van der Waals surface area contributed by atoms with Gasteiger partial charge in [0.25, 0.3) is 23.6 Å². The molecule has 1 fully saturated rings. The molecule has 2 N–H and O–H groups in total. The fraction of sp³-hybridized carbons (Fsp3) is 0.229. The largest absolute Gasteiger partial charge is 0.497 e. The van der Waals surface area contributed by atoms with E-state index in [0.29, 0.717) is 66.6 Å². The van der Waals surface area contributed by atoms with Crippen LogP contribution in [0.4, 0.5) is 28.9 Å². The number of furan rings is 2. The fourth-order valence-corrected chi connectivity index (χ4v) is 12.4. The number of carbonyl (C=O) groups excluding carboxylic acids is 4. The van der Waals surface area contributed by atoms with Gasteiger partial charge in [-0.1, -0.05) is 24.3 Å². The molecular formula is C70H64BBrF4N8O14S2. The van der Waals surface area contributed by atoms with E-state index >= 15 is 0 Å². The number of pyridine rings is 2. The fourth-order valence-electron chi connectivity index (χ4n) is 11.0. The normalized spacial score (nSPS) is 14.6. The van der Waals surface area contributed by atoms with Crippen molar-refractivity contribution < 1.29 is 81.2 Å². The molecule has 0 saturated carbocycles. The quantitative estimate of drug-likeness (QED) is 0.0582. The highest BCUT2D eigenvalue weighted by Crippen LogP contribution is 2.44. The van der Waals surface area contributed by atoms with Gasteiger partial charge in [-0.2, -0.15) is 0 Å².